The average Bonchev–Trinajstić information content (AvgIpc) is 2.76. The molecule has 4 nitrogen and oxygen atoms in total. The largest absolute Gasteiger partial charge is 0.381 e. The molecule has 2 rings (SSSR count). The van der Waals surface area contributed by atoms with Crippen LogP contribution in [0.3, 0.4) is 0 Å². The summed E-state index contributed by atoms with van der Waals surface area (Å²) in [6.07, 6.45) is 5.54. The second-order valence-electron chi connectivity index (χ2n) is 7.22. The zero-order valence-electron chi connectivity index (χ0n) is 14.2. The molecule has 2 heterocycles. The summed E-state index contributed by atoms with van der Waals surface area (Å²) >= 11 is 0. The Kier molecular flexibility index (Phi) is 5.67. The molecule has 122 valence electrons. The van der Waals surface area contributed by atoms with Crippen LogP contribution in [0.4, 0.5) is 0 Å². The highest BCUT2D eigenvalue weighted by Crippen LogP contribution is 2.33. The zero-order chi connectivity index (χ0) is 15.5. The highest BCUT2D eigenvalue weighted by Gasteiger charge is 2.43. The average molecular weight is 296 g/mol. The Balaban J connectivity index is 2.08. The second-order valence-corrected chi connectivity index (χ2v) is 7.22. The van der Waals surface area contributed by atoms with Crippen molar-refractivity contribution in [2.45, 2.75) is 72.0 Å². The lowest BCUT2D eigenvalue weighted by Gasteiger charge is -2.38. The van der Waals surface area contributed by atoms with Crippen molar-refractivity contribution in [3.8, 4) is 0 Å². The van der Waals surface area contributed by atoms with Crippen molar-refractivity contribution >= 4 is 5.91 Å². The maximum absolute atomic E-state index is 12.8. The Morgan fingerprint density at radius 1 is 1.38 bits per heavy atom. The molecule has 4 heteroatoms. The van der Waals surface area contributed by atoms with Gasteiger partial charge < -0.3 is 9.64 Å². The molecule has 2 aliphatic heterocycles. The van der Waals surface area contributed by atoms with E-state index in [9.17, 15) is 4.79 Å². The lowest BCUT2D eigenvalue weighted by Crippen LogP contribution is -2.45. The van der Waals surface area contributed by atoms with E-state index in [4.69, 9.17) is 4.74 Å². The molecule has 1 N–H and O–H groups in total. The highest BCUT2D eigenvalue weighted by atomic mass is 16.5. The summed E-state index contributed by atoms with van der Waals surface area (Å²) in [7, 11) is 0. The van der Waals surface area contributed by atoms with Crippen LogP contribution in [-0.2, 0) is 9.53 Å². The highest BCUT2D eigenvalue weighted by molar-refractivity contribution is 5.84. The molecule has 0 radical (unpaired) electrons. The van der Waals surface area contributed by atoms with Gasteiger partial charge in [-0.15, -0.1) is 0 Å². The van der Waals surface area contributed by atoms with Gasteiger partial charge in [-0.3, -0.25) is 10.1 Å². The Morgan fingerprint density at radius 2 is 2.05 bits per heavy atom. The number of carbonyl (C=O) groups excluding carboxylic acids is 1. The van der Waals surface area contributed by atoms with E-state index in [1.54, 1.807) is 0 Å². The Bertz CT molecular complexity index is 353. The van der Waals surface area contributed by atoms with E-state index < -0.39 is 0 Å². The van der Waals surface area contributed by atoms with Gasteiger partial charge in [0.15, 0.2) is 0 Å². The van der Waals surface area contributed by atoms with Crippen molar-refractivity contribution in [1.29, 1.82) is 0 Å². The van der Waals surface area contributed by atoms with Crippen LogP contribution in [0, 0.1) is 11.3 Å². The van der Waals surface area contributed by atoms with Crippen molar-refractivity contribution in [2.75, 3.05) is 19.8 Å². The summed E-state index contributed by atoms with van der Waals surface area (Å²) in [6, 6.07) is 0.00925. The molecule has 2 aliphatic rings. The van der Waals surface area contributed by atoms with E-state index in [2.05, 4.69) is 37.9 Å². The molecule has 3 unspecified atom stereocenters. The van der Waals surface area contributed by atoms with Crippen LogP contribution in [0.25, 0.3) is 0 Å². The summed E-state index contributed by atoms with van der Waals surface area (Å²) in [6.45, 7) is 11.4. The minimum atomic E-state index is 0.00925. The first kappa shape index (κ1) is 16.8. The Morgan fingerprint density at radius 3 is 2.62 bits per heavy atom. The second kappa shape index (κ2) is 7.10. The molecule has 1 amide bonds. The molecule has 3 atom stereocenters. The Hall–Kier alpha value is -0.610. The topological polar surface area (TPSA) is 41.6 Å². The number of amides is 1. The SMILES string of the molecule is CCCC1NC(C(C)CC)C(=O)N1CC1(C)CCOCC1. The molecule has 0 bridgehead atoms. The smallest absolute Gasteiger partial charge is 0.241 e. The molecule has 21 heavy (non-hydrogen) atoms. The van der Waals surface area contributed by atoms with E-state index in [0.717, 1.165) is 51.9 Å². The van der Waals surface area contributed by atoms with Gasteiger partial charge in [-0.1, -0.05) is 40.5 Å². The fourth-order valence-corrected chi connectivity index (χ4v) is 3.48. The predicted octanol–water partition coefficient (Wildman–Crippen LogP) is 2.78. The minimum absolute atomic E-state index is 0.00925. The molecule has 0 aromatic heterocycles. The minimum Gasteiger partial charge on any atom is -0.381 e. The molecule has 0 spiro atoms. The van der Waals surface area contributed by atoms with Gasteiger partial charge in [-0.2, -0.15) is 0 Å². The van der Waals surface area contributed by atoms with Crippen molar-refractivity contribution in [1.82, 2.24) is 10.2 Å². The number of hydrogen-bond donors (Lipinski definition) is 1. The number of ether oxygens (including phenoxy) is 1. The van der Waals surface area contributed by atoms with Gasteiger partial charge in [0.2, 0.25) is 5.91 Å². The van der Waals surface area contributed by atoms with Gasteiger partial charge in [0.25, 0.3) is 0 Å². The van der Waals surface area contributed by atoms with Crippen LogP contribution in [0.5, 0.6) is 0 Å². The van der Waals surface area contributed by atoms with Crippen molar-refractivity contribution < 1.29 is 9.53 Å². The van der Waals surface area contributed by atoms with Crippen molar-refractivity contribution in [2.24, 2.45) is 11.3 Å². The van der Waals surface area contributed by atoms with E-state index in [1.165, 1.54) is 0 Å². The quantitative estimate of drug-likeness (QED) is 0.819. The van der Waals surface area contributed by atoms with Crippen LogP contribution in [0.15, 0.2) is 0 Å². The molecule has 0 aromatic carbocycles. The van der Waals surface area contributed by atoms with Crippen LogP contribution in [0.1, 0.15) is 59.8 Å². The van der Waals surface area contributed by atoms with Crippen molar-refractivity contribution in [3.05, 3.63) is 0 Å². The monoisotopic (exact) mass is 296 g/mol. The van der Waals surface area contributed by atoms with Gasteiger partial charge in [0.05, 0.1) is 12.2 Å². The van der Waals surface area contributed by atoms with Crippen LogP contribution in [0.2, 0.25) is 0 Å². The summed E-state index contributed by atoms with van der Waals surface area (Å²) < 4.78 is 5.49. The first-order chi connectivity index (χ1) is 10.0. The van der Waals surface area contributed by atoms with E-state index in [0.29, 0.717) is 11.8 Å². The molecule has 0 aliphatic carbocycles. The first-order valence-corrected chi connectivity index (χ1v) is 8.65. The van der Waals surface area contributed by atoms with E-state index in [-0.39, 0.29) is 17.6 Å². The van der Waals surface area contributed by atoms with Crippen LogP contribution in [-0.4, -0.2) is 42.8 Å². The molecule has 2 saturated heterocycles. The summed E-state index contributed by atoms with van der Waals surface area (Å²) in [5.41, 5.74) is 0.214. The van der Waals surface area contributed by atoms with Gasteiger partial charge in [0, 0.05) is 19.8 Å². The number of hydrogen-bond acceptors (Lipinski definition) is 3. The maximum Gasteiger partial charge on any atom is 0.241 e. The zero-order valence-corrected chi connectivity index (χ0v) is 14.2. The third-order valence-electron chi connectivity index (χ3n) is 5.32. The standard InChI is InChI=1S/C17H32N2O2/c1-5-7-14-18-15(13(3)6-2)16(20)19(14)12-17(4)8-10-21-11-9-17/h13-15,18H,5-12H2,1-4H3. The Labute approximate surface area is 129 Å². The first-order valence-electron chi connectivity index (χ1n) is 8.65. The molecular formula is C17H32N2O2. The lowest BCUT2D eigenvalue weighted by molar-refractivity contribution is -0.133. The van der Waals surface area contributed by atoms with Crippen LogP contribution < -0.4 is 5.32 Å². The van der Waals surface area contributed by atoms with Gasteiger partial charge in [-0.25, -0.2) is 0 Å². The fraction of sp³-hybridized carbons (Fsp3) is 0.941. The summed E-state index contributed by atoms with van der Waals surface area (Å²) in [5, 5.41) is 3.59. The fourth-order valence-electron chi connectivity index (χ4n) is 3.48. The summed E-state index contributed by atoms with van der Waals surface area (Å²) in [4.78, 5) is 15.0. The lowest BCUT2D eigenvalue weighted by atomic mass is 9.81. The molecule has 0 saturated carbocycles. The normalized spacial score (nSPS) is 30.7. The molecular weight excluding hydrogens is 264 g/mol. The molecule has 0 aromatic rings. The molecule has 2 fully saturated rings. The van der Waals surface area contributed by atoms with Crippen LogP contribution >= 0.6 is 0 Å². The predicted molar refractivity (Wildman–Crippen MR) is 84.9 cm³/mol. The number of nitrogens with one attached hydrogen (secondary N) is 1. The number of nitrogens with zero attached hydrogens (tertiary/aromatic N) is 1. The van der Waals surface area contributed by atoms with Gasteiger partial charge >= 0.3 is 0 Å². The van der Waals surface area contributed by atoms with Crippen molar-refractivity contribution in [3.63, 3.8) is 0 Å². The maximum atomic E-state index is 12.8. The summed E-state index contributed by atoms with van der Waals surface area (Å²) in [5.74, 6) is 0.722. The number of carbonyl (C=O) groups is 1. The van der Waals surface area contributed by atoms with E-state index in [1.807, 2.05) is 0 Å². The van der Waals surface area contributed by atoms with Gasteiger partial charge in [0.1, 0.15) is 0 Å². The van der Waals surface area contributed by atoms with E-state index >= 15 is 0 Å². The van der Waals surface area contributed by atoms with Gasteiger partial charge in [-0.05, 0) is 30.6 Å². The number of rotatable bonds is 6. The third kappa shape index (κ3) is 3.78. The third-order valence-corrected chi connectivity index (χ3v) is 5.32.